The summed E-state index contributed by atoms with van der Waals surface area (Å²) in [4.78, 5) is 0. The smallest absolute Gasteiger partial charge is 0.307 e. The number of hydrogen-bond donors (Lipinski definition) is 0. The maximum Gasteiger partial charge on any atom is 0.307 e. The lowest BCUT2D eigenvalue weighted by Crippen LogP contribution is -2.42. The third-order valence-corrected chi connectivity index (χ3v) is 12.2. The standard InChI is InChI=1S/C14H28O3Si2/c1-18-15-8-3-4-9-19(2,17-18)10-7-12-5-6-13-14(11-12)16-13/h12-14,18H,3-11H2,1-2H3. The summed E-state index contributed by atoms with van der Waals surface area (Å²) in [5.41, 5.74) is 0. The lowest BCUT2D eigenvalue weighted by Gasteiger charge is -2.34. The molecular weight excluding hydrogens is 272 g/mol. The first-order valence-electron chi connectivity index (χ1n) is 8.09. The zero-order valence-corrected chi connectivity index (χ0v) is 14.6. The van der Waals surface area contributed by atoms with Crippen molar-refractivity contribution < 1.29 is 13.3 Å². The van der Waals surface area contributed by atoms with Crippen molar-refractivity contribution in [3.63, 3.8) is 0 Å². The van der Waals surface area contributed by atoms with Gasteiger partial charge >= 0.3 is 9.28 Å². The van der Waals surface area contributed by atoms with Crippen molar-refractivity contribution in [2.24, 2.45) is 5.92 Å². The highest BCUT2D eigenvalue weighted by Gasteiger charge is 2.44. The Labute approximate surface area is 120 Å². The number of fused-ring (bicyclic) bond motifs is 1. The summed E-state index contributed by atoms with van der Waals surface area (Å²) >= 11 is 0. The summed E-state index contributed by atoms with van der Waals surface area (Å²) < 4.78 is 17.9. The number of ether oxygens (including phenoxy) is 1. The highest BCUT2D eigenvalue weighted by Crippen LogP contribution is 2.42. The quantitative estimate of drug-likeness (QED) is 0.592. The summed E-state index contributed by atoms with van der Waals surface area (Å²) in [6.45, 7) is 5.59. The Morgan fingerprint density at radius 2 is 2.11 bits per heavy atom. The normalized spacial score (nSPS) is 47.1. The Morgan fingerprint density at radius 3 is 2.95 bits per heavy atom. The second-order valence-electron chi connectivity index (χ2n) is 6.89. The first kappa shape index (κ1) is 14.3. The molecule has 0 aromatic rings. The molecule has 0 aromatic heterocycles. The van der Waals surface area contributed by atoms with Crippen molar-refractivity contribution in [2.75, 3.05) is 6.61 Å². The maximum absolute atomic E-state index is 6.43. The van der Waals surface area contributed by atoms with Crippen LogP contribution < -0.4 is 0 Å². The van der Waals surface area contributed by atoms with Crippen molar-refractivity contribution in [1.29, 1.82) is 0 Å². The van der Waals surface area contributed by atoms with Gasteiger partial charge in [0.1, 0.15) is 0 Å². The van der Waals surface area contributed by atoms with E-state index in [1.807, 2.05) is 0 Å². The summed E-state index contributed by atoms with van der Waals surface area (Å²) in [6, 6.07) is 2.69. The van der Waals surface area contributed by atoms with E-state index in [2.05, 4.69) is 13.1 Å². The molecule has 1 aliphatic carbocycles. The molecule has 0 spiro atoms. The zero-order valence-electron chi connectivity index (χ0n) is 12.4. The fraction of sp³-hybridized carbons (Fsp3) is 1.00. The van der Waals surface area contributed by atoms with Gasteiger partial charge < -0.3 is 13.3 Å². The average molecular weight is 301 g/mol. The first-order valence-corrected chi connectivity index (χ1v) is 13.0. The van der Waals surface area contributed by atoms with Gasteiger partial charge in [0, 0.05) is 6.61 Å². The van der Waals surface area contributed by atoms with Crippen LogP contribution in [0.4, 0.5) is 0 Å². The maximum atomic E-state index is 6.43. The highest BCUT2D eigenvalue weighted by atomic mass is 28.4. The molecule has 2 aliphatic heterocycles. The second-order valence-corrected chi connectivity index (χ2v) is 13.2. The Hall–Kier alpha value is 0.314. The average Bonchev–Trinajstić information content (AvgIpc) is 3.12. The number of hydrogen-bond acceptors (Lipinski definition) is 3. The molecule has 2 heterocycles. The lowest BCUT2D eigenvalue weighted by molar-refractivity contribution is 0.250. The van der Waals surface area contributed by atoms with E-state index in [0.717, 1.165) is 12.5 Å². The molecule has 0 bridgehead atoms. The van der Waals surface area contributed by atoms with Crippen LogP contribution in [0.3, 0.4) is 0 Å². The lowest BCUT2D eigenvalue weighted by atomic mass is 9.88. The molecule has 0 radical (unpaired) electrons. The minimum Gasteiger partial charge on any atom is -0.438 e. The van der Waals surface area contributed by atoms with Crippen molar-refractivity contribution in [3.8, 4) is 0 Å². The van der Waals surface area contributed by atoms with Crippen LogP contribution in [0, 0.1) is 5.92 Å². The van der Waals surface area contributed by atoms with Crippen LogP contribution in [0.25, 0.3) is 0 Å². The molecule has 0 N–H and O–H groups in total. The third-order valence-electron chi connectivity index (χ3n) is 5.10. The van der Waals surface area contributed by atoms with Gasteiger partial charge in [-0.05, 0) is 56.8 Å². The molecule has 3 aliphatic rings. The molecule has 19 heavy (non-hydrogen) atoms. The predicted octanol–water partition coefficient (Wildman–Crippen LogP) is 3.20. The molecule has 5 atom stereocenters. The van der Waals surface area contributed by atoms with Crippen molar-refractivity contribution in [2.45, 2.75) is 75.9 Å². The van der Waals surface area contributed by atoms with E-state index >= 15 is 0 Å². The minimum absolute atomic E-state index is 0.628. The fourth-order valence-electron chi connectivity index (χ4n) is 3.79. The third kappa shape index (κ3) is 3.91. The van der Waals surface area contributed by atoms with Gasteiger partial charge in [0.2, 0.25) is 0 Å². The van der Waals surface area contributed by atoms with E-state index in [1.54, 1.807) is 0 Å². The number of epoxide rings is 1. The van der Waals surface area contributed by atoms with E-state index in [-0.39, 0.29) is 0 Å². The number of rotatable bonds is 3. The van der Waals surface area contributed by atoms with E-state index in [9.17, 15) is 0 Å². The Kier molecular flexibility index (Phi) is 4.48. The van der Waals surface area contributed by atoms with Crippen LogP contribution in [-0.4, -0.2) is 36.4 Å². The Morgan fingerprint density at radius 1 is 1.21 bits per heavy atom. The van der Waals surface area contributed by atoms with Crippen molar-refractivity contribution >= 4 is 17.6 Å². The molecular formula is C14H28O3Si2. The Balaban J connectivity index is 1.48. The van der Waals surface area contributed by atoms with E-state index in [4.69, 9.17) is 13.3 Å². The molecule has 110 valence electrons. The highest BCUT2D eigenvalue weighted by molar-refractivity contribution is 6.78. The SMILES string of the molecule is C[SiH]1OCCCC[Si](C)(CCC2CCC3OC3C2)O1. The van der Waals surface area contributed by atoms with Crippen molar-refractivity contribution in [3.05, 3.63) is 0 Å². The molecule has 2 saturated heterocycles. The van der Waals surface area contributed by atoms with Crippen LogP contribution in [0.5, 0.6) is 0 Å². The molecule has 3 nitrogen and oxygen atoms in total. The largest absolute Gasteiger partial charge is 0.438 e. The van der Waals surface area contributed by atoms with Gasteiger partial charge in [-0.15, -0.1) is 0 Å². The van der Waals surface area contributed by atoms with Gasteiger partial charge in [-0.2, -0.15) is 0 Å². The molecule has 5 unspecified atom stereocenters. The monoisotopic (exact) mass is 300 g/mol. The van der Waals surface area contributed by atoms with E-state index in [1.165, 1.54) is 50.6 Å². The molecule has 1 saturated carbocycles. The van der Waals surface area contributed by atoms with Crippen LogP contribution >= 0.6 is 0 Å². The van der Waals surface area contributed by atoms with Gasteiger partial charge in [-0.3, -0.25) is 0 Å². The van der Waals surface area contributed by atoms with Crippen LogP contribution in [0.1, 0.15) is 38.5 Å². The van der Waals surface area contributed by atoms with Crippen LogP contribution in [0.15, 0.2) is 0 Å². The van der Waals surface area contributed by atoms with Crippen molar-refractivity contribution in [1.82, 2.24) is 0 Å². The van der Waals surface area contributed by atoms with Gasteiger partial charge in [0.05, 0.1) is 12.2 Å². The van der Waals surface area contributed by atoms with Crippen LogP contribution in [-0.2, 0) is 13.3 Å². The Bertz CT molecular complexity index is 315. The molecule has 3 fully saturated rings. The summed E-state index contributed by atoms with van der Waals surface area (Å²) in [5, 5.41) is 0. The predicted molar refractivity (Wildman–Crippen MR) is 81.1 cm³/mol. The van der Waals surface area contributed by atoms with E-state index < -0.39 is 17.6 Å². The topological polar surface area (TPSA) is 31.0 Å². The summed E-state index contributed by atoms with van der Waals surface area (Å²) in [7, 11) is -2.81. The molecule has 0 amide bonds. The van der Waals surface area contributed by atoms with E-state index in [0.29, 0.717) is 12.2 Å². The van der Waals surface area contributed by atoms with Crippen LogP contribution in [0.2, 0.25) is 25.2 Å². The molecule has 0 aromatic carbocycles. The molecule has 3 rings (SSSR count). The van der Waals surface area contributed by atoms with Gasteiger partial charge in [0.15, 0.2) is 8.32 Å². The summed E-state index contributed by atoms with van der Waals surface area (Å²) in [5.74, 6) is 0.903. The van der Waals surface area contributed by atoms with Gasteiger partial charge in [0.25, 0.3) is 0 Å². The zero-order chi connectivity index (χ0) is 13.3. The second kappa shape index (κ2) is 5.97. The minimum atomic E-state index is -1.48. The fourth-order valence-corrected chi connectivity index (χ4v) is 11.0. The first-order chi connectivity index (χ1) is 9.15. The van der Waals surface area contributed by atoms with Gasteiger partial charge in [-0.25, -0.2) is 0 Å². The van der Waals surface area contributed by atoms with Gasteiger partial charge in [-0.1, -0.05) is 12.8 Å². The summed E-state index contributed by atoms with van der Waals surface area (Å²) in [6.07, 6.45) is 9.20. The molecule has 5 heteroatoms.